The first-order chi connectivity index (χ1) is 24.3. The van der Waals surface area contributed by atoms with Gasteiger partial charge in [0.1, 0.15) is 31.9 Å². The second-order valence-corrected chi connectivity index (χ2v) is 11.4. The molecule has 262 valence electrons. The van der Waals surface area contributed by atoms with E-state index >= 15 is 0 Å². The number of alkyl carbamates (subject to hydrolysis) is 2. The maximum absolute atomic E-state index is 13.5. The summed E-state index contributed by atoms with van der Waals surface area (Å²) in [4.78, 5) is 50.4. The molecular formula is C38H41N3O9. The number of benzene rings is 4. The minimum Gasteiger partial charge on any atom is -0.504 e. The number of carboxylic acid groups (broad SMARTS) is 1. The number of carboxylic acids is 1. The normalized spacial score (nSPS) is 11.8. The van der Waals surface area contributed by atoms with Crippen LogP contribution in [0.5, 0.6) is 11.5 Å². The molecule has 4 aromatic rings. The second-order valence-electron chi connectivity index (χ2n) is 11.4. The van der Waals surface area contributed by atoms with E-state index in [1.54, 1.807) is 36.4 Å². The molecule has 0 radical (unpaired) electrons. The van der Waals surface area contributed by atoms with Gasteiger partial charge in [-0.05, 0) is 53.6 Å². The summed E-state index contributed by atoms with van der Waals surface area (Å²) in [7, 11) is 0. The van der Waals surface area contributed by atoms with Crippen LogP contribution < -0.4 is 20.7 Å². The van der Waals surface area contributed by atoms with Gasteiger partial charge in [-0.1, -0.05) is 97.1 Å². The number of ether oxygens (including phenoxy) is 3. The highest BCUT2D eigenvalue weighted by Crippen LogP contribution is 2.28. The molecule has 0 bridgehead atoms. The number of aromatic hydroxyl groups is 1. The van der Waals surface area contributed by atoms with E-state index in [0.717, 1.165) is 16.7 Å². The predicted octanol–water partition coefficient (Wildman–Crippen LogP) is 5.47. The van der Waals surface area contributed by atoms with Crippen molar-refractivity contribution in [3.8, 4) is 11.5 Å². The summed E-state index contributed by atoms with van der Waals surface area (Å²) in [6, 6.07) is 29.7. The first-order valence-corrected chi connectivity index (χ1v) is 16.2. The van der Waals surface area contributed by atoms with Crippen molar-refractivity contribution in [1.29, 1.82) is 0 Å². The molecular weight excluding hydrogens is 642 g/mol. The molecule has 0 aliphatic carbocycles. The quantitative estimate of drug-likeness (QED) is 0.0852. The molecule has 0 aromatic heterocycles. The number of hydrogen-bond donors (Lipinski definition) is 5. The zero-order chi connectivity index (χ0) is 35.6. The van der Waals surface area contributed by atoms with Crippen molar-refractivity contribution in [2.75, 3.05) is 6.54 Å². The maximum atomic E-state index is 13.5. The molecule has 2 unspecified atom stereocenters. The van der Waals surface area contributed by atoms with Crippen molar-refractivity contribution in [2.45, 2.75) is 57.6 Å². The summed E-state index contributed by atoms with van der Waals surface area (Å²) in [5.41, 5.74) is 3.01. The van der Waals surface area contributed by atoms with Gasteiger partial charge in [-0.25, -0.2) is 14.4 Å². The molecule has 12 nitrogen and oxygen atoms in total. The minimum atomic E-state index is -1.26. The zero-order valence-electron chi connectivity index (χ0n) is 27.5. The smallest absolute Gasteiger partial charge is 0.408 e. The summed E-state index contributed by atoms with van der Waals surface area (Å²) in [6.45, 7) is 0.529. The Morgan fingerprint density at radius 2 is 1.18 bits per heavy atom. The SMILES string of the molecule is O=C(NCCCCC(NC(=O)C(Cc1ccc(O)c(OCc2ccccc2)c1)NC(=O)OCc1ccccc1)C(=O)O)OCc1ccccc1. The van der Waals surface area contributed by atoms with Gasteiger partial charge < -0.3 is 40.4 Å². The van der Waals surface area contributed by atoms with Gasteiger partial charge in [0.2, 0.25) is 5.91 Å². The van der Waals surface area contributed by atoms with E-state index < -0.39 is 36.1 Å². The van der Waals surface area contributed by atoms with E-state index in [2.05, 4.69) is 16.0 Å². The molecule has 50 heavy (non-hydrogen) atoms. The lowest BCUT2D eigenvalue weighted by Crippen LogP contribution is -2.52. The van der Waals surface area contributed by atoms with Crippen molar-refractivity contribution < 1.29 is 43.6 Å². The Kier molecular flexibility index (Phi) is 14.5. The number of aliphatic carboxylic acids is 1. The minimum absolute atomic E-state index is 0.0384. The molecule has 0 aliphatic rings. The summed E-state index contributed by atoms with van der Waals surface area (Å²) in [5, 5.41) is 28.0. The van der Waals surface area contributed by atoms with Crippen LogP contribution in [0.1, 0.15) is 41.5 Å². The van der Waals surface area contributed by atoms with Gasteiger partial charge in [-0.3, -0.25) is 4.79 Å². The number of carbonyl (C=O) groups is 4. The van der Waals surface area contributed by atoms with E-state index in [-0.39, 0.29) is 50.7 Å². The van der Waals surface area contributed by atoms with Crippen molar-refractivity contribution in [3.05, 3.63) is 131 Å². The van der Waals surface area contributed by atoms with Gasteiger partial charge in [-0.15, -0.1) is 0 Å². The van der Waals surface area contributed by atoms with Crippen LogP contribution in [0.15, 0.2) is 109 Å². The average molecular weight is 684 g/mol. The molecule has 0 aliphatic heterocycles. The van der Waals surface area contributed by atoms with Crippen molar-refractivity contribution >= 4 is 24.1 Å². The van der Waals surface area contributed by atoms with Gasteiger partial charge in [0.25, 0.3) is 0 Å². The monoisotopic (exact) mass is 683 g/mol. The summed E-state index contributed by atoms with van der Waals surface area (Å²) in [6.07, 6.45) is -0.641. The third-order valence-corrected chi connectivity index (χ3v) is 7.54. The first-order valence-electron chi connectivity index (χ1n) is 16.2. The molecule has 0 heterocycles. The first kappa shape index (κ1) is 36.8. The largest absolute Gasteiger partial charge is 0.504 e. The van der Waals surface area contributed by atoms with Crippen molar-refractivity contribution in [2.24, 2.45) is 0 Å². The molecule has 0 saturated carbocycles. The molecule has 0 saturated heterocycles. The van der Waals surface area contributed by atoms with E-state index in [4.69, 9.17) is 14.2 Å². The van der Waals surface area contributed by atoms with Gasteiger partial charge in [0.05, 0.1) is 0 Å². The molecule has 4 rings (SSSR count). The van der Waals surface area contributed by atoms with Crippen LogP contribution in [0, 0.1) is 0 Å². The number of nitrogens with one attached hydrogen (secondary N) is 3. The van der Waals surface area contributed by atoms with Crippen LogP contribution in [0.3, 0.4) is 0 Å². The Balaban J connectivity index is 1.34. The highest BCUT2D eigenvalue weighted by molar-refractivity contribution is 5.89. The number of hydrogen-bond acceptors (Lipinski definition) is 8. The maximum Gasteiger partial charge on any atom is 0.408 e. The number of unbranched alkanes of at least 4 members (excludes halogenated alkanes) is 1. The molecule has 5 N–H and O–H groups in total. The molecule has 3 amide bonds. The predicted molar refractivity (Wildman–Crippen MR) is 184 cm³/mol. The fraction of sp³-hybridized carbons (Fsp3) is 0.263. The average Bonchev–Trinajstić information content (AvgIpc) is 3.13. The van der Waals surface area contributed by atoms with Gasteiger partial charge in [0, 0.05) is 13.0 Å². The Morgan fingerprint density at radius 3 is 1.76 bits per heavy atom. The molecule has 4 aromatic carbocycles. The fourth-order valence-electron chi connectivity index (χ4n) is 4.86. The Labute approximate surface area is 290 Å². The van der Waals surface area contributed by atoms with E-state index in [9.17, 15) is 29.4 Å². The lowest BCUT2D eigenvalue weighted by atomic mass is 10.0. The van der Waals surface area contributed by atoms with Crippen LogP contribution in [0.2, 0.25) is 0 Å². The topological polar surface area (TPSA) is 173 Å². The zero-order valence-corrected chi connectivity index (χ0v) is 27.5. The molecule has 12 heteroatoms. The second kappa shape index (κ2) is 19.7. The van der Waals surface area contributed by atoms with Crippen LogP contribution >= 0.6 is 0 Å². The van der Waals surface area contributed by atoms with E-state index in [1.165, 1.54) is 6.07 Å². The van der Waals surface area contributed by atoms with E-state index in [0.29, 0.717) is 18.4 Å². The van der Waals surface area contributed by atoms with Crippen molar-refractivity contribution in [3.63, 3.8) is 0 Å². The number of phenolic OH excluding ortho intramolecular Hbond substituents is 1. The number of carbonyl (C=O) groups excluding carboxylic acids is 3. The van der Waals surface area contributed by atoms with Crippen LogP contribution in [0.4, 0.5) is 9.59 Å². The van der Waals surface area contributed by atoms with E-state index in [1.807, 2.05) is 66.7 Å². The third-order valence-electron chi connectivity index (χ3n) is 7.54. The lowest BCUT2D eigenvalue weighted by Gasteiger charge is -2.22. The van der Waals surface area contributed by atoms with Crippen LogP contribution in [-0.2, 0) is 45.3 Å². The Morgan fingerprint density at radius 1 is 0.620 bits per heavy atom. The van der Waals surface area contributed by atoms with Crippen molar-refractivity contribution in [1.82, 2.24) is 16.0 Å². The Bertz CT molecular complexity index is 1670. The van der Waals surface area contributed by atoms with Gasteiger partial charge in [0.15, 0.2) is 11.5 Å². The summed E-state index contributed by atoms with van der Waals surface area (Å²) >= 11 is 0. The number of phenols is 1. The van der Waals surface area contributed by atoms with Gasteiger partial charge >= 0.3 is 18.2 Å². The summed E-state index contributed by atoms with van der Waals surface area (Å²) in [5.74, 6) is -1.92. The molecule has 0 spiro atoms. The Hall–Kier alpha value is -6.04. The standard InChI is InChI=1S/C38H41N3O9/c42-33-20-19-30(23-34(33)48-24-27-12-4-1-5-13-27)22-32(41-38(47)50-26-29-16-8-3-9-17-29)35(43)40-31(36(44)45)18-10-11-21-39-37(46)49-25-28-14-6-2-7-15-28/h1-9,12-17,19-20,23,31-32,42H,10-11,18,21-22,24-26H2,(H,39,46)(H,40,43)(H,41,47)(H,44,45). The van der Waals surface area contributed by atoms with Gasteiger partial charge in [-0.2, -0.15) is 0 Å². The molecule has 0 fully saturated rings. The highest BCUT2D eigenvalue weighted by atomic mass is 16.6. The van der Waals surface area contributed by atoms with Crippen LogP contribution in [0.25, 0.3) is 0 Å². The highest BCUT2D eigenvalue weighted by Gasteiger charge is 2.27. The summed E-state index contributed by atoms with van der Waals surface area (Å²) < 4.78 is 16.3. The third kappa shape index (κ3) is 12.9. The molecule has 2 atom stereocenters. The number of rotatable bonds is 18. The lowest BCUT2D eigenvalue weighted by molar-refractivity contribution is -0.142. The van der Waals surface area contributed by atoms with Crippen LogP contribution in [-0.4, -0.2) is 52.9 Å². The fourth-order valence-corrected chi connectivity index (χ4v) is 4.86. The number of amides is 3.